The molecule has 0 atom stereocenters. The molecule has 0 saturated carbocycles. The summed E-state index contributed by atoms with van der Waals surface area (Å²) >= 11 is 0. The molecule has 0 bridgehead atoms. The van der Waals surface area contributed by atoms with Crippen LogP contribution in [-0.4, -0.2) is 19.2 Å². The molecule has 0 amide bonds. The Hall–Kier alpha value is 1.04. The van der Waals surface area contributed by atoms with E-state index in [0.29, 0.717) is 6.26 Å². The largest absolute Gasteiger partial charge is 0.748 e. The van der Waals surface area contributed by atoms with Crippen LogP contribution in [0.15, 0.2) is 0 Å². The first kappa shape index (κ1) is 22.5. The fourth-order valence-corrected chi connectivity index (χ4v) is 0. The summed E-state index contributed by atoms with van der Waals surface area (Å²) in [6.07, 6.45) is 1.85. The minimum absolute atomic E-state index is 0. The van der Waals surface area contributed by atoms with E-state index in [1.807, 2.05) is 0 Å². The van der Waals surface area contributed by atoms with E-state index in [1.54, 1.807) is 0 Å². The fraction of sp³-hybridized carbons (Fsp3) is 0.800. The van der Waals surface area contributed by atoms with Gasteiger partial charge >= 0.3 is 0 Å². The summed E-state index contributed by atoms with van der Waals surface area (Å²) in [6, 6.07) is 0. The van der Waals surface area contributed by atoms with Gasteiger partial charge in [-0.2, -0.15) is 0 Å². The maximum absolute atomic E-state index is 9.08. The Morgan fingerprint density at radius 2 is 1.30 bits per heavy atom. The average Bonchev–Trinajstić information content (AvgIpc) is 1.27. The van der Waals surface area contributed by atoms with Crippen molar-refractivity contribution in [2.45, 2.75) is 20.3 Å². The maximum atomic E-state index is 9.08. The van der Waals surface area contributed by atoms with Crippen molar-refractivity contribution in [3.05, 3.63) is 7.43 Å². The molecule has 10 heavy (non-hydrogen) atoms. The van der Waals surface area contributed by atoms with Crippen molar-refractivity contribution < 1.29 is 50.7 Å². The molecule has 0 saturated heterocycles. The summed E-state index contributed by atoms with van der Waals surface area (Å²) in [7, 11) is -3.92. The van der Waals surface area contributed by atoms with Gasteiger partial charge in [0.15, 0.2) is 0 Å². The van der Waals surface area contributed by atoms with Gasteiger partial charge in [-0.1, -0.05) is 20.3 Å². The summed E-state index contributed by atoms with van der Waals surface area (Å²) in [5, 5.41) is 0. The third kappa shape index (κ3) is 540. The molecular formula is C5H14ArO3S. The third-order valence-electron chi connectivity index (χ3n) is 0. The predicted octanol–water partition coefficient (Wildman–Crippen LogP) is 1.03. The smallest absolute Gasteiger partial charge is 0.0916 e. The number of rotatable bonds is 0. The van der Waals surface area contributed by atoms with Crippen molar-refractivity contribution >= 4 is 10.1 Å². The van der Waals surface area contributed by atoms with Crippen LogP contribution >= 0.6 is 0 Å². The first-order valence-corrected chi connectivity index (χ1v) is 4.14. The monoisotopic (exact) mass is 194 g/mol. The molecule has 0 aliphatic rings. The summed E-state index contributed by atoms with van der Waals surface area (Å²) in [4.78, 5) is 0. The second-order valence-electron chi connectivity index (χ2n) is 1.41. The van der Waals surface area contributed by atoms with Gasteiger partial charge < -0.3 is 4.55 Å². The molecule has 0 aliphatic carbocycles. The van der Waals surface area contributed by atoms with Gasteiger partial charge in [-0.3, -0.25) is 0 Å². The molecule has 0 aromatic rings. The SMILES string of the molecule is CCC.CS(=O)(=O)[O-].[Ar].[CH3+]. The standard InChI is InChI=1S/C3H8.CH4O3S.CH3.Ar/c1-3-2;1-5(2,3)4;;/h3H2,1-2H3;1H3,(H,2,3,4);1H3;/q;;+1;/p-1. The second-order valence-corrected chi connectivity index (χ2v) is 2.82. The normalized spacial score (nSPS) is 7.60. The zero-order chi connectivity index (χ0) is 7.21. The maximum Gasteiger partial charge on any atom is 0.0916 e. The molecule has 0 fully saturated rings. The van der Waals surface area contributed by atoms with Crippen LogP contribution in [-0.2, 0) is 10.1 Å². The van der Waals surface area contributed by atoms with E-state index in [9.17, 15) is 0 Å². The summed E-state index contributed by atoms with van der Waals surface area (Å²) < 4.78 is 27.2. The number of hydrogen-bond donors (Lipinski definition) is 0. The van der Waals surface area contributed by atoms with Crippen molar-refractivity contribution in [3.8, 4) is 0 Å². The minimum atomic E-state index is -3.92. The molecule has 0 rings (SSSR count). The van der Waals surface area contributed by atoms with E-state index in [1.165, 1.54) is 6.42 Å². The zero-order valence-electron chi connectivity index (χ0n) is 6.69. The van der Waals surface area contributed by atoms with Crippen molar-refractivity contribution in [2.24, 2.45) is 0 Å². The van der Waals surface area contributed by atoms with E-state index >= 15 is 0 Å². The first-order chi connectivity index (χ1) is 3.41. The topological polar surface area (TPSA) is 57.2 Å². The summed E-state index contributed by atoms with van der Waals surface area (Å²) in [5.41, 5.74) is 0. The van der Waals surface area contributed by atoms with Crippen LogP contribution in [0.2, 0.25) is 0 Å². The van der Waals surface area contributed by atoms with Crippen LogP contribution in [0.3, 0.4) is 0 Å². The summed E-state index contributed by atoms with van der Waals surface area (Å²) in [5.74, 6) is 0. The molecule has 0 spiro atoms. The van der Waals surface area contributed by atoms with E-state index in [-0.39, 0.29) is 45.2 Å². The first-order valence-electron chi connectivity index (χ1n) is 2.32. The van der Waals surface area contributed by atoms with Crippen LogP contribution in [0.25, 0.3) is 0 Å². The van der Waals surface area contributed by atoms with Gasteiger partial charge in [-0.15, -0.1) is 0 Å². The molecule has 0 N–H and O–H groups in total. The Morgan fingerprint density at radius 1 is 1.30 bits per heavy atom. The quantitative estimate of drug-likeness (QED) is 0.427. The van der Waals surface area contributed by atoms with E-state index in [2.05, 4.69) is 13.8 Å². The van der Waals surface area contributed by atoms with Crippen LogP contribution in [0, 0.1) is 45.2 Å². The molecule has 0 radical (unpaired) electrons. The zero-order valence-corrected chi connectivity index (χ0v) is 8.22. The van der Waals surface area contributed by atoms with Gasteiger partial charge in [0.25, 0.3) is 0 Å². The second kappa shape index (κ2) is 12.7. The Bertz CT molecular complexity index is 111. The van der Waals surface area contributed by atoms with Crippen LogP contribution < -0.4 is 0 Å². The molecule has 66 valence electrons. The predicted molar refractivity (Wildman–Crippen MR) is 38.0 cm³/mol. The van der Waals surface area contributed by atoms with Gasteiger partial charge in [0, 0.05) is 51.4 Å². The number of hydrogen-bond acceptors (Lipinski definition) is 3. The molecule has 0 aliphatic heterocycles. The van der Waals surface area contributed by atoms with Crippen LogP contribution in [0.1, 0.15) is 20.3 Å². The van der Waals surface area contributed by atoms with Gasteiger partial charge in [-0.05, 0) is 0 Å². The van der Waals surface area contributed by atoms with E-state index in [4.69, 9.17) is 13.0 Å². The fourth-order valence-electron chi connectivity index (χ4n) is 0. The Balaban J connectivity index is -0.0000000326. The van der Waals surface area contributed by atoms with E-state index < -0.39 is 10.1 Å². The molecule has 0 aromatic carbocycles. The Morgan fingerprint density at radius 3 is 1.30 bits per heavy atom. The molecule has 3 nitrogen and oxygen atoms in total. The van der Waals surface area contributed by atoms with Crippen LogP contribution in [0.4, 0.5) is 0 Å². The third-order valence-corrected chi connectivity index (χ3v) is 0. The summed E-state index contributed by atoms with van der Waals surface area (Å²) in [6.45, 7) is 4.25. The van der Waals surface area contributed by atoms with Gasteiger partial charge in [-0.25, -0.2) is 8.42 Å². The van der Waals surface area contributed by atoms with Crippen molar-refractivity contribution in [1.82, 2.24) is 0 Å². The van der Waals surface area contributed by atoms with Crippen molar-refractivity contribution in [3.63, 3.8) is 0 Å². The molecule has 0 unspecified atom stereocenters. The molecule has 5 heteroatoms. The van der Waals surface area contributed by atoms with Gasteiger partial charge in [0.05, 0.1) is 10.1 Å². The Kier molecular flexibility index (Phi) is 28.5. The van der Waals surface area contributed by atoms with Crippen molar-refractivity contribution in [2.75, 3.05) is 6.26 Å². The molecule has 0 heterocycles. The Labute approximate surface area is 94.0 Å². The average molecular weight is 194 g/mol. The van der Waals surface area contributed by atoms with Gasteiger partial charge in [0.1, 0.15) is 0 Å². The van der Waals surface area contributed by atoms with Crippen LogP contribution in [0.5, 0.6) is 0 Å². The molecular weight excluding hydrogens is 180 g/mol. The minimum Gasteiger partial charge on any atom is -0.748 e. The van der Waals surface area contributed by atoms with E-state index in [0.717, 1.165) is 0 Å². The molecule has 0 aromatic heterocycles. The van der Waals surface area contributed by atoms with Crippen molar-refractivity contribution in [1.29, 1.82) is 0 Å². The van der Waals surface area contributed by atoms with Gasteiger partial charge in [0.2, 0.25) is 0 Å².